The quantitative estimate of drug-likeness (QED) is 0.812. The van der Waals surface area contributed by atoms with E-state index in [9.17, 15) is 13.5 Å². The Labute approximate surface area is 97.7 Å². The highest BCUT2D eigenvalue weighted by atomic mass is 32.2. The molecule has 0 aromatic carbocycles. The Bertz CT molecular complexity index is 322. The van der Waals surface area contributed by atoms with Crippen molar-refractivity contribution in [2.45, 2.75) is 56.2 Å². The molecule has 1 atom stereocenters. The smallest absolute Gasteiger partial charge is 0.217 e. The summed E-state index contributed by atoms with van der Waals surface area (Å²) in [5, 5.41) is 9.01. The van der Waals surface area contributed by atoms with Crippen LogP contribution in [-0.2, 0) is 10.0 Å². The maximum atomic E-state index is 12.4. The number of hydrogen-bond acceptors (Lipinski definition) is 3. The van der Waals surface area contributed by atoms with Crippen LogP contribution >= 0.6 is 0 Å². The molecule has 0 amide bonds. The zero-order chi connectivity index (χ0) is 11.6. The van der Waals surface area contributed by atoms with Crippen molar-refractivity contribution in [1.82, 2.24) is 4.31 Å². The maximum Gasteiger partial charge on any atom is 0.217 e. The van der Waals surface area contributed by atoms with Crippen LogP contribution in [-0.4, -0.2) is 42.3 Å². The largest absolute Gasteiger partial charge is 0.395 e. The van der Waals surface area contributed by atoms with E-state index in [1.54, 1.807) is 4.31 Å². The van der Waals surface area contributed by atoms with Gasteiger partial charge in [-0.05, 0) is 25.7 Å². The predicted octanol–water partition coefficient (Wildman–Crippen LogP) is 1.11. The highest BCUT2D eigenvalue weighted by Crippen LogP contribution is 2.30. The molecule has 1 N–H and O–H groups in total. The summed E-state index contributed by atoms with van der Waals surface area (Å²) in [7, 11) is -3.15. The van der Waals surface area contributed by atoms with Crippen LogP contribution in [0.15, 0.2) is 0 Å². The van der Waals surface area contributed by atoms with E-state index in [1.807, 2.05) is 0 Å². The Morgan fingerprint density at radius 1 is 1.06 bits per heavy atom. The average molecular weight is 247 g/mol. The Morgan fingerprint density at radius 3 is 2.38 bits per heavy atom. The highest BCUT2D eigenvalue weighted by Gasteiger charge is 2.39. The minimum atomic E-state index is -3.15. The Balaban J connectivity index is 2.11. The van der Waals surface area contributed by atoms with Gasteiger partial charge in [0.05, 0.1) is 11.9 Å². The molecule has 0 aromatic rings. The van der Waals surface area contributed by atoms with E-state index in [-0.39, 0.29) is 17.9 Å². The summed E-state index contributed by atoms with van der Waals surface area (Å²) in [5.74, 6) is 0. The van der Waals surface area contributed by atoms with E-state index in [4.69, 9.17) is 0 Å². The van der Waals surface area contributed by atoms with Gasteiger partial charge in [0.25, 0.3) is 0 Å². The number of rotatable bonds is 3. The second-order valence-corrected chi connectivity index (χ2v) is 7.06. The van der Waals surface area contributed by atoms with Crippen molar-refractivity contribution in [2.75, 3.05) is 13.2 Å². The zero-order valence-corrected chi connectivity index (χ0v) is 10.5. The van der Waals surface area contributed by atoms with Crippen LogP contribution in [0.2, 0.25) is 0 Å². The molecule has 0 aromatic heterocycles. The molecule has 4 nitrogen and oxygen atoms in total. The van der Waals surface area contributed by atoms with Gasteiger partial charge in [-0.25, -0.2) is 8.42 Å². The van der Waals surface area contributed by atoms with Gasteiger partial charge < -0.3 is 5.11 Å². The first-order valence-electron chi connectivity index (χ1n) is 6.28. The first kappa shape index (κ1) is 12.3. The summed E-state index contributed by atoms with van der Waals surface area (Å²) in [6.07, 6.45) is 6.52. The molecular formula is C11H21NO3S. The van der Waals surface area contributed by atoms with Crippen molar-refractivity contribution in [3.63, 3.8) is 0 Å². The highest BCUT2D eigenvalue weighted by molar-refractivity contribution is 7.89. The monoisotopic (exact) mass is 247 g/mol. The lowest BCUT2D eigenvalue weighted by molar-refractivity contribution is 0.211. The third-order valence-corrected chi connectivity index (χ3v) is 6.28. The van der Waals surface area contributed by atoms with E-state index in [2.05, 4.69) is 0 Å². The lowest BCUT2D eigenvalue weighted by Crippen LogP contribution is -2.43. The summed E-state index contributed by atoms with van der Waals surface area (Å²) in [6.45, 7) is 0.565. The van der Waals surface area contributed by atoms with E-state index in [0.717, 1.165) is 44.9 Å². The average Bonchev–Trinajstić information content (AvgIpc) is 2.79. The van der Waals surface area contributed by atoms with Crippen LogP contribution in [0.3, 0.4) is 0 Å². The molecule has 0 spiro atoms. The summed E-state index contributed by atoms with van der Waals surface area (Å²) >= 11 is 0. The zero-order valence-electron chi connectivity index (χ0n) is 9.64. The molecule has 1 saturated heterocycles. The number of aliphatic hydroxyl groups is 1. The fourth-order valence-electron chi connectivity index (χ4n) is 2.88. The standard InChI is InChI=1S/C11H21NO3S/c13-9-10-5-4-8-12(10)16(14,15)11-6-2-1-3-7-11/h10-11,13H,1-9H2. The number of sulfonamides is 1. The molecule has 1 saturated carbocycles. The third kappa shape index (κ3) is 2.26. The molecule has 5 heteroatoms. The minimum absolute atomic E-state index is 0.0358. The van der Waals surface area contributed by atoms with E-state index >= 15 is 0 Å². The lowest BCUT2D eigenvalue weighted by Gasteiger charge is -2.29. The van der Waals surface area contributed by atoms with Gasteiger partial charge in [0.2, 0.25) is 10.0 Å². The van der Waals surface area contributed by atoms with Gasteiger partial charge in [0, 0.05) is 12.6 Å². The van der Waals surface area contributed by atoms with Crippen molar-refractivity contribution in [2.24, 2.45) is 0 Å². The Kier molecular flexibility index (Phi) is 3.87. The van der Waals surface area contributed by atoms with Crippen molar-refractivity contribution >= 4 is 10.0 Å². The van der Waals surface area contributed by atoms with Gasteiger partial charge in [0.15, 0.2) is 0 Å². The van der Waals surface area contributed by atoms with Crippen molar-refractivity contribution in [3.05, 3.63) is 0 Å². The molecule has 1 aliphatic carbocycles. The summed E-state index contributed by atoms with van der Waals surface area (Å²) in [6, 6.07) is -0.160. The van der Waals surface area contributed by atoms with Gasteiger partial charge in [-0.3, -0.25) is 0 Å². The molecule has 1 aliphatic heterocycles. The minimum Gasteiger partial charge on any atom is -0.395 e. The SMILES string of the molecule is O=S(=O)(C1CCCCC1)N1CCCC1CO. The molecule has 1 unspecified atom stereocenters. The fraction of sp³-hybridized carbons (Fsp3) is 1.00. The summed E-state index contributed by atoms with van der Waals surface area (Å²) in [4.78, 5) is 0. The first-order chi connectivity index (χ1) is 7.66. The van der Waals surface area contributed by atoms with Gasteiger partial charge in [0.1, 0.15) is 0 Å². The van der Waals surface area contributed by atoms with Crippen molar-refractivity contribution in [3.8, 4) is 0 Å². The molecule has 0 radical (unpaired) electrons. The van der Waals surface area contributed by atoms with Crippen LogP contribution in [0.25, 0.3) is 0 Å². The molecule has 16 heavy (non-hydrogen) atoms. The maximum absolute atomic E-state index is 12.4. The molecule has 1 heterocycles. The second-order valence-electron chi connectivity index (χ2n) is 4.89. The molecule has 94 valence electrons. The van der Waals surface area contributed by atoms with Crippen molar-refractivity contribution < 1.29 is 13.5 Å². The fourth-order valence-corrected chi connectivity index (χ4v) is 5.16. The van der Waals surface area contributed by atoms with Crippen LogP contribution in [0.5, 0.6) is 0 Å². The second kappa shape index (κ2) is 5.02. The number of nitrogens with zero attached hydrogens (tertiary/aromatic N) is 1. The van der Waals surface area contributed by atoms with Crippen LogP contribution in [0, 0.1) is 0 Å². The predicted molar refractivity (Wildman–Crippen MR) is 62.6 cm³/mol. The van der Waals surface area contributed by atoms with Gasteiger partial charge in [-0.1, -0.05) is 19.3 Å². The topological polar surface area (TPSA) is 57.6 Å². The number of aliphatic hydroxyl groups excluding tert-OH is 1. The van der Waals surface area contributed by atoms with E-state index < -0.39 is 10.0 Å². The van der Waals surface area contributed by atoms with Gasteiger partial charge in [-0.2, -0.15) is 4.31 Å². The molecule has 2 fully saturated rings. The lowest BCUT2D eigenvalue weighted by atomic mass is 10.0. The molecular weight excluding hydrogens is 226 g/mol. The van der Waals surface area contributed by atoms with Crippen LogP contribution < -0.4 is 0 Å². The van der Waals surface area contributed by atoms with Crippen LogP contribution in [0.1, 0.15) is 44.9 Å². The normalized spacial score (nSPS) is 29.7. The summed E-state index contributed by atoms with van der Waals surface area (Å²) in [5.41, 5.74) is 0. The molecule has 2 aliphatic rings. The Hall–Kier alpha value is -0.130. The van der Waals surface area contributed by atoms with Crippen LogP contribution in [0.4, 0.5) is 0 Å². The molecule has 2 rings (SSSR count). The summed E-state index contributed by atoms with van der Waals surface area (Å²) < 4.78 is 26.3. The van der Waals surface area contributed by atoms with Gasteiger partial charge >= 0.3 is 0 Å². The van der Waals surface area contributed by atoms with Crippen molar-refractivity contribution in [1.29, 1.82) is 0 Å². The van der Waals surface area contributed by atoms with E-state index in [1.165, 1.54) is 0 Å². The molecule has 0 bridgehead atoms. The first-order valence-corrected chi connectivity index (χ1v) is 7.78. The van der Waals surface area contributed by atoms with E-state index in [0.29, 0.717) is 6.54 Å². The third-order valence-electron chi connectivity index (χ3n) is 3.83. The van der Waals surface area contributed by atoms with Gasteiger partial charge in [-0.15, -0.1) is 0 Å². The Morgan fingerprint density at radius 2 is 1.75 bits per heavy atom. The number of hydrogen-bond donors (Lipinski definition) is 1.